The van der Waals surface area contributed by atoms with Gasteiger partial charge in [0.05, 0.1) is 22.1 Å². The van der Waals surface area contributed by atoms with Crippen molar-refractivity contribution in [1.82, 2.24) is 19.1 Å². The Bertz CT molecular complexity index is 2110. The van der Waals surface area contributed by atoms with Gasteiger partial charge in [-0.25, -0.2) is 9.97 Å². The topological polar surface area (TPSA) is 44.9 Å². The number of imidazole rings is 2. The molecule has 0 N–H and O–H groups in total. The van der Waals surface area contributed by atoms with Crippen LogP contribution in [0, 0.1) is 0 Å². The SMILES string of the molecule is Cn1c(-c2cc(Oc3cc(-c4nc5ccccc5n4C)cc4ccccc34)c3ccccc3c2)nc2ccccc21. The smallest absolute Gasteiger partial charge is 0.141 e. The number of aromatic nitrogens is 4. The molecule has 2 heterocycles. The van der Waals surface area contributed by atoms with Crippen molar-refractivity contribution in [2.45, 2.75) is 0 Å². The van der Waals surface area contributed by atoms with Gasteiger partial charge in [-0.15, -0.1) is 0 Å². The lowest BCUT2D eigenvalue weighted by molar-refractivity contribution is 0.494. The molecule has 5 nitrogen and oxygen atoms in total. The molecule has 0 amide bonds. The monoisotopic (exact) mass is 530 g/mol. The van der Waals surface area contributed by atoms with Crippen LogP contribution < -0.4 is 4.74 Å². The minimum Gasteiger partial charge on any atom is -0.456 e. The van der Waals surface area contributed by atoms with Gasteiger partial charge in [-0.2, -0.15) is 0 Å². The molecule has 0 aliphatic rings. The normalized spacial score (nSPS) is 11.7. The van der Waals surface area contributed by atoms with Crippen molar-refractivity contribution >= 4 is 43.6 Å². The zero-order chi connectivity index (χ0) is 27.5. The summed E-state index contributed by atoms with van der Waals surface area (Å²) < 4.78 is 11.2. The van der Waals surface area contributed by atoms with Crippen LogP contribution in [0.2, 0.25) is 0 Å². The molecule has 0 radical (unpaired) electrons. The van der Waals surface area contributed by atoms with Crippen molar-refractivity contribution < 1.29 is 4.74 Å². The summed E-state index contributed by atoms with van der Waals surface area (Å²) in [5.41, 5.74) is 6.16. The number of ether oxygens (including phenoxy) is 1. The first-order valence-corrected chi connectivity index (χ1v) is 13.7. The summed E-state index contributed by atoms with van der Waals surface area (Å²) in [6.45, 7) is 0. The van der Waals surface area contributed by atoms with Crippen molar-refractivity contribution in [2.75, 3.05) is 0 Å². The van der Waals surface area contributed by atoms with E-state index in [1.165, 1.54) is 0 Å². The number of para-hydroxylation sites is 4. The third-order valence-corrected chi connectivity index (χ3v) is 7.96. The van der Waals surface area contributed by atoms with Crippen molar-refractivity contribution in [3.05, 3.63) is 121 Å². The molecule has 5 heteroatoms. The van der Waals surface area contributed by atoms with E-state index in [9.17, 15) is 0 Å². The second kappa shape index (κ2) is 9.07. The van der Waals surface area contributed by atoms with Gasteiger partial charge >= 0.3 is 0 Å². The van der Waals surface area contributed by atoms with Crippen LogP contribution in [-0.2, 0) is 14.1 Å². The van der Waals surface area contributed by atoms with Crippen LogP contribution in [0.15, 0.2) is 121 Å². The summed E-state index contributed by atoms with van der Waals surface area (Å²) in [5.74, 6) is 3.38. The number of hydrogen-bond acceptors (Lipinski definition) is 3. The first kappa shape index (κ1) is 23.5. The van der Waals surface area contributed by atoms with Crippen LogP contribution in [-0.4, -0.2) is 19.1 Å². The van der Waals surface area contributed by atoms with Crippen molar-refractivity contribution in [3.8, 4) is 34.3 Å². The maximum atomic E-state index is 6.88. The molecule has 6 aromatic carbocycles. The number of fused-ring (bicyclic) bond motifs is 4. The highest BCUT2D eigenvalue weighted by Crippen LogP contribution is 2.40. The molecule has 0 saturated carbocycles. The summed E-state index contributed by atoms with van der Waals surface area (Å²) in [5, 5.41) is 4.30. The molecular weight excluding hydrogens is 504 g/mol. The average molecular weight is 531 g/mol. The molecule has 0 fully saturated rings. The van der Waals surface area contributed by atoms with Gasteiger partial charge in [0.2, 0.25) is 0 Å². The molecule has 8 rings (SSSR count). The van der Waals surface area contributed by atoms with E-state index in [0.717, 1.165) is 77.9 Å². The first-order valence-electron chi connectivity index (χ1n) is 13.7. The Morgan fingerprint density at radius 1 is 0.488 bits per heavy atom. The van der Waals surface area contributed by atoms with Gasteiger partial charge in [-0.05, 0) is 59.3 Å². The Labute approximate surface area is 236 Å². The van der Waals surface area contributed by atoms with E-state index >= 15 is 0 Å². The Kier molecular flexibility index (Phi) is 5.19. The molecule has 0 atom stereocenters. The molecular formula is C36H26N4O. The van der Waals surface area contributed by atoms with Gasteiger partial charge in [0, 0.05) is 36.0 Å². The van der Waals surface area contributed by atoms with Gasteiger partial charge in [0.15, 0.2) is 0 Å². The zero-order valence-corrected chi connectivity index (χ0v) is 22.7. The highest BCUT2D eigenvalue weighted by molar-refractivity contribution is 5.96. The summed E-state index contributed by atoms with van der Waals surface area (Å²) in [6.07, 6.45) is 0. The summed E-state index contributed by atoms with van der Waals surface area (Å²) >= 11 is 0. The molecule has 41 heavy (non-hydrogen) atoms. The minimum atomic E-state index is 0.789. The maximum absolute atomic E-state index is 6.88. The lowest BCUT2D eigenvalue weighted by atomic mass is 10.0. The van der Waals surface area contributed by atoms with Gasteiger partial charge in [-0.1, -0.05) is 72.8 Å². The number of hydrogen-bond donors (Lipinski definition) is 0. The van der Waals surface area contributed by atoms with E-state index < -0.39 is 0 Å². The largest absolute Gasteiger partial charge is 0.456 e. The van der Waals surface area contributed by atoms with Crippen molar-refractivity contribution in [1.29, 1.82) is 0 Å². The Morgan fingerprint density at radius 2 is 0.902 bits per heavy atom. The fourth-order valence-corrected chi connectivity index (χ4v) is 5.90. The molecule has 0 aliphatic heterocycles. The third-order valence-electron chi connectivity index (χ3n) is 7.96. The van der Waals surface area contributed by atoms with Crippen molar-refractivity contribution in [3.63, 3.8) is 0 Å². The molecule has 8 aromatic rings. The number of aryl methyl sites for hydroxylation is 2. The van der Waals surface area contributed by atoms with Gasteiger partial charge in [0.25, 0.3) is 0 Å². The van der Waals surface area contributed by atoms with Gasteiger partial charge in [-0.3, -0.25) is 0 Å². The summed E-state index contributed by atoms with van der Waals surface area (Å²) in [6, 6.07) is 41.8. The highest BCUT2D eigenvalue weighted by atomic mass is 16.5. The highest BCUT2D eigenvalue weighted by Gasteiger charge is 2.17. The standard InChI is InChI=1S/C36H26N4O/c1-39-31-17-9-7-15-29(31)37-35(39)25-19-23-11-3-5-13-27(23)33(21-25)41-34-22-26(20-24-12-4-6-14-28(24)34)36-38-30-16-8-10-18-32(30)40(36)2/h3-22H,1-2H3. The molecule has 0 unspecified atom stereocenters. The zero-order valence-electron chi connectivity index (χ0n) is 22.7. The third kappa shape index (κ3) is 3.78. The minimum absolute atomic E-state index is 0.789. The Hall–Kier alpha value is -5.42. The predicted molar refractivity (Wildman–Crippen MR) is 167 cm³/mol. The van der Waals surface area contributed by atoms with Gasteiger partial charge in [0.1, 0.15) is 23.1 Å². The number of benzene rings is 6. The van der Waals surface area contributed by atoms with E-state index in [-0.39, 0.29) is 0 Å². The number of nitrogens with zero attached hydrogens (tertiary/aromatic N) is 4. The molecule has 2 aromatic heterocycles. The molecule has 0 saturated heterocycles. The summed E-state index contributed by atoms with van der Waals surface area (Å²) in [7, 11) is 4.13. The maximum Gasteiger partial charge on any atom is 0.141 e. The second-order valence-electron chi connectivity index (χ2n) is 10.5. The van der Waals surface area contributed by atoms with Crippen LogP contribution in [0.1, 0.15) is 0 Å². The predicted octanol–water partition coefficient (Wildman–Crippen LogP) is 8.89. The fraction of sp³-hybridized carbons (Fsp3) is 0.0556. The van der Waals surface area contributed by atoms with Crippen LogP contribution in [0.5, 0.6) is 11.5 Å². The average Bonchev–Trinajstić information content (AvgIpc) is 3.54. The molecule has 0 bridgehead atoms. The molecule has 0 aliphatic carbocycles. The lowest BCUT2D eigenvalue weighted by Crippen LogP contribution is -1.96. The summed E-state index contributed by atoms with van der Waals surface area (Å²) in [4.78, 5) is 9.94. The van der Waals surface area contributed by atoms with E-state index in [4.69, 9.17) is 14.7 Å². The van der Waals surface area contributed by atoms with E-state index in [1.807, 2.05) is 24.3 Å². The first-order chi connectivity index (χ1) is 20.1. The van der Waals surface area contributed by atoms with Crippen LogP contribution in [0.25, 0.3) is 66.4 Å². The van der Waals surface area contributed by atoms with E-state index in [1.54, 1.807) is 0 Å². The van der Waals surface area contributed by atoms with Crippen LogP contribution >= 0.6 is 0 Å². The van der Waals surface area contributed by atoms with Gasteiger partial charge < -0.3 is 13.9 Å². The van der Waals surface area contributed by atoms with Crippen LogP contribution in [0.4, 0.5) is 0 Å². The number of rotatable bonds is 4. The van der Waals surface area contributed by atoms with E-state index in [0.29, 0.717) is 0 Å². The van der Waals surface area contributed by atoms with Crippen molar-refractivity contribution in [2.24, 2.45) is 14.1 Å². The Morgan fingerprint density at radius 3 is 1.37 bits per heavy atom. The quantitative estimate of drug-likeness (QED) is 0.228. The van der Waals surface area contributed by atoms with Crippen LogP contribution in [0.3, 0.4) is 0 Å². The molecule has 196 valence electrons. The molecule has 0 spiro atoms. The van der Waals surface area contributed by atoms with E-state index in [2.05, 4.69) is 120 Å². The second-order valence-corrected chi connectivity index (χ2v) is 10.5. The lowest BCUT2D eigenvalue weighted by Gasteiger charge is -2.15. The Balaban J connectivity index is 1.33. The fourth-order valence-electron chi connectivity index (χ4n) is 5.90.